The van der Waals surface area contributed by atoms with Crippen LogP contribution in [0.4, 0.5) is 0 Å². The summed E-state index contributed by atoms with van der Waals surface area (Å²) in [5.41, 5.74) is 2.63. The van der Waals surface area contributed by atoms with Crippen LogP contribution in [0.2, 0.25) is 0 Å². The fraction of sp³-hybridized carbons (Fsp3) is 0.545. The zero-order chi connectivity index (χ0) is 20.8. The van der Waals surface area contributed by atoms with Gasteiger partial charge in [-0.05, 0) is 50.7 Å². The van der Waals surface area contributed by atoms with Crippen LogP contribution in [0.15, 0.2) is 30.5 Å². The summed E-state index contributed by atoms with van der Waals surface area (Å²) in [6, 6.07) is 8.05. The SMILES string of the molecule is CCN(CC)C(=O)c1cn(CC2CCCN(C(=O)Cc3ccccc3C)C2)nn1. The maximum atomic E-state index is 12.8. The van der Waals surface area contributed by atoms with Gasteiger partial charge in [0.15, 0.2) is 5.69 Å². The number of hydrogen-bond acceptors (Lipinski definition) is 4. The van der Waals surface area contributed by atoms with Crippen LogP contribution in [0.5, 0.6) is 0 Å². The Labute approximate surface area is 172 Å². The quantitative estimate of drug-likeness (QED) is 0.720. The first-order valence-electron chi connectivity index (χ1n) is 10.5. The third-order valence-corrected chi connectivity index (χ3v) is 5.73. The molecule has 156 valence electrons. The molecule has 1 fully saturated rings. The summed E-state index contributed by atoms with van der Waals surface area (Å²) in [4.78, 5) is 28.9. The third kappa shape index (κ3) is 5.22. The Bertz CT molecular complexity index is 843. The monoisotopic (exact) mass is 397 g/mol. The number of likely N-dealkylation sites (tertiary alicyclic amines) is 1. The molecule has 1 aliphatic rings. The predicted molar refractivity (Wildman–Crippen MR) is 111 cm³/mol. The van der Waals surface area contributed by atoms with Crippen molar-refractivity contribution in [2.75, 3.05) is 26.2 Å². The Morgan fingerprint density at radius 3 is 2.69 bits per heavy atom. The minimum atomic E-state index is -0.0834. The highest BCUT2D eigenvalue weighted by Gasteiger charge is 2.25. The second kappa shape index (κ2) is 9.67. The van der Waals surface area contributed by atoms with Gasteiger partial charge in [0.05, 0.1) is 12.6 Å². The lowest BCUT2D eigenvalue weighted by Gasteiger charge is -2.33. The van der Waals surface area contributed by atoms with Crippen molar-refractivity contribution in [3.63, 3.8) is 0 Å². The molecular weight excluding hydrogens is 366 g/mol. The number of aryl methyl sites for hydroxylation is 1. The molecule has 0 aliphatic carbocycles. The third-order valence-electron chi connectivity index (χ3n) is 5.73. The molecule has 2 aromatic rings. The molecule has 1 saturated heterocycles. The van der Waals surface area contributed by atoms with Crippen LogP contribution in [0.1, 0.15) is 48.3 Å². The molecule has 1 unspecified atom stereocenters. The molecule has 0 bridgehead atoms. The summed E-state index contributed by atoms with van der Waals surface area (Å²) < 4.78 is 1.75. The van der Waals surface area contributed by atoms with E-state index < -0.39 is 0 Å². The maximum Gasteiger partial charge on any atom is 0.276 e. The number of nitrogens with zero attached hydrogens (tertiary/aromatic N) is 5. The first kappa shape index (κ1) is 21.0. The van der Waals surface area contributed by atoms with Gasteiger partial charge in [0.1, 0.15) is 0 Å². The van der Waals surface area contributed by atoms with E-state index in [0.717, 1.165) is 37.1 Å². The van der Waals surface area contributed by atoms with Gasteiger partial charge in [0, 0.05) is 32.7 Å². The standard InChI is InChI=1S/C22H31N5O2/c1-4-25(5-2)22(29)20-16-27(24-23-20)15-18-10-8-12-26(14-18)21(28)13-19-11-7-6-9-17(19)3/h6-7,9,11,16,18H,4-5,8,10,12-15H2,1-3H3. The number of benzene rings is 1. The van der Waals surface area contributed by atoms with Crippen LogP contribution >= 0.6 is 0 Å². The van der Waals surface area contributed by atoms with E-state index in [1.807, 2.05) is 49.9 Å². The second-order valence-corrected chi connectivity index (χ2v) is 7.75. The fourth-order valence-electron chi connectivity index (χ4n) is 3.95. The highest BCUT2D eigenvalue weighted by molar-refractivity contribution is 5.91. The molecule has 1 aliphatic heterocycles. The Morgan fingerprint density at radius 1 is 1.21 bits per heavy atom. The van der Waals surface area contributed by atoms with E-state index in [2.05, 4.69) is 10.3 Å². The summed E-state index contributed by atoms with van der Waals surface area (Å²) in [6.07, 6.45) is 4.22. The number of rotatable bonds is 7. The summed E-state index contributed by atoms with van der Waals surface area (Å²) >= 11 is 0. The average Bonchev–Trinajstić information content (AvgIpc) is 3.19. The Morgan fingerprint density at radius 2 is 1.97 bits per heavy atom. The number of aromatic nitrogens is 3. The first-order valence-corrected chi connectivity index (χ1v) is 10.5. The molecule has 7 heteroatoms. The minimum Gasteiger partial charge on any atom is -0.342 e. The number of piperidine rings is 1. The van der Waals surface area contributed by atoms with Crippen molar-refractivity contribution < 1.29 is 9.59 Å². The molecule has 0 spiro atoms. The van der Waals surface area contributed by atoms with Gasteiger partial charge >= 0.3 is 0 Å². The van der Waals surface area contributed by atoms with Crippen molar-refractivity contribution in [3.8, 4) is 0 Å². The number of amides is 2. The summed E-state index contributed by atoms with van der Waals surface area (Å²) in [5, 5.41) is 8.21. The van der Waals surface area contributed by atoms with Crippen molar-refractivity contribution in [3.05, 3.63) is 47.3 Å². The van der Waals surface area contributed by atoms with Crippen molar-refractivity contribution in [1.29, 1.82) is 0 Å². The van der Waals surface area contributed by atoms with E-state index in [-0.39, 0.29) is 11.8 Å². The minimum absolute atomic E-state index is 0.0834. The smallest absolute Gasteiger partial charge is 0.276 e. The Hall–Kier alpha value is -2.70. The molecule has 2 amide bonds. The number of carbonyl (C=O) groups excluding carboxylic acids is 2. The predicted octanol–water partition coefficient (Wildman–Crippen LogP) is 2.55. The molecular formula is C22H31N5O2. The molecule has 0 N–H and O–H groups in total. The van der Waals surface area contributed by atoms with E-state index in [1.165, 1.54) is 0 Å². The van der Waals surface area contributed by atoms with Gasteiger partial charge in [-0.15, -0.1) is 5.10 Å². The van der Waals surface area contributed by atoms with Crippen LogP contribution < -0.4 is 0 Å². The van der Waals surface area contributed by atoms with Gasteiger partial charge in [-0.2, -0.15) is 0 Å². The van der Waals surface area contributed by atoms with Crippen LogP contribution in [0.25, 0.3) is 0 Å². The number of carbonyl (C=O) groups is 2. The molecule has 0 radical (unpaired) electrons. The van der Waals surface area contributed by atoms with E-state index in [9.17, 15) is 9.59 Å². The topological polar surface area (TPSA) is 71.3 Å². The van der Waals surface area contributed by atoms with Crippen molar-refractivity contribution in [2.45, 2.75) is 46.6 Å². The van der Waals surface area contributed by atoms with E-state index in [4.69, 9.17) is 0 Å². The zero-order valence-corrected chi connectivity index (χ0v) is 17.7. The van der Waals surface area contributed by atoms with Gasteiger partial charge < -0.3 is 9.80 Å². The van der Waals surface area contributed by atoms with Crippen molar-refractivity contribution >= 4 is 11.8 Å². The normalized spacial score (nSPS) is 16.7. The molecule has 7 nitrogen and oxygen atoms in total. The average molecular weight is 398 g/mol. The summed E-state index contributed by atoms with van der Waals surface area (Å²) in [7, 11) is 0. The Balaban J connectivity index is 1.58. The van der Waals surface area contributed by atoms with Crippen LogP contribution in [-0.2, 0) is 17.8 Å². The van der Waals surface area contributed by atoms with E-state index in [0.29, 0.717) is 37.7 Å². The largest absolute Gasteiger partial charge is 0.342 e. The summed E-state index contributed by atoms with van der Waals surface area (Å²) in [6.45, 7) is 9.47. The van der Waals surface area contributed by atoms with E-state index in [1.54, 1.807) is 15.8 Å². The molecule has 1 atom stereocenters. The lowest BCUT2D eigenvalue weighted by atomic mass is 9.97. The van der Waals surface area contributed by atoms with Crippen LogP contribution in [-0.4, -0.2) is 62.8 Å². The lowest BCUT2D eigenvalue weighted by Crippen LogP contribution is -2.42. The lowest BCUT2D eigenvalue weighted by molar-refractivity contribution is -0.132. The van der Waals surface area contributed by atoms with Crippen LogP contribution in [0, 0.1) is 12.8 Å². The van der Waals surface area contributed by atoms with Crippen molar-refractivity contribution in [1.82, 2.24) is 24.8 Å². The molecule has 2 heterocycles. The Kier molecular flexibility index (Phi) is 7.01. The molecule has 1 aromatic heterocycles. The molecule has 3 rings (SSSR count). The van der Waals surface area contributed by atoms with Crippen LogP contribution in [0.3, 0.4) is 0 Å². The highest BCUT2D eigenvalue weighted by Crippen LogP contribution is 2.20. The van der Waals surface area contributed by atoms with Crippen molar-refractivity contribution in [2.24, 2.45) is 5.92 Å². The summed E-state index contributed by atoms with van der Waals surface area (Å²) in [5.74, 6) is 0.419. The molecule has 0 saturated carbocycles. The molecule has 1 aromatic carbocycles. The van der Waals surface area contributed by atoms with Gasteiger partial charge in [-0.25, -0.2) is 0 Å². The van der Waals surface area contributed by atoms with E-state index >= 15 is 0 Å². The fourth-order valence-corrected chi connectivity index (χ4v) is 3.95. The van der Waals surface area contributed by atoms with Gasteiger partial charge in [-0.1, -0.05) is 29.5 Å². The number of hydrogen-bond donors (Lipinski definition) is 0. The molecule has 29 heavy (non-hydrogen) atoms. The van der Waals surface area contributed by atoms with Gasteiger partial charge in [0.25, 0.3) is 5.91 Å². The maximum absolute atomic E-state index is 12.8. The van der Waals surface area contributed by atoms with Gasteiger partial charge in [-0.3, -0.25) is 14.3 Å². The zero-order valence-electron chi connectivity index (χ0n) is 17.7. The van der Waals surface area contributed by atoms with Gasteiger partial charge in [0.2, 0.25) is 5.91 Å². The highest BCUT2D eigenvalue weighted by atomic mass is 16.2. The second-order valence-electron chi connectivity index (χ2n) is 7.75. The first-order chi connectivity index (χ1) is 14.0.